The Kier molecular flexibility index (Phi) is 11.5. The molecule has 10 rings (SSSR count). The summed E-state index contributed by atoms with van der Waals surface area (Å²) in [6.45, 7) is 0. The van der Waals surface area contributed by atoms with Crippen LogP contribution in [0, 0.1) is 11.8 Å². The molecule has 0 saturated heterocycles. The van der Waals surface area contributed by atoms with E-state index >= 15 is 0 Å². The van der Waals surface area contributed by atoms with Crippen LogP contribution in [0.3, 0.4) is 0 Å². The largest absolute Gasteiger partial charge is 0.497 e. The van der Waals surface area contributed by atoms with Crippen LogP contribution in [-0.4, -0.2) is 43.2 Å². The lowest BCUT2D eigenvalue weighted by molar-refractivity contribution is 0.0753. The summed E-state index contributed by atoms with van der Waals surface area (Å²) in [4.78, 5) is 8.63. The van der Waals surface area contributed by atoms with Crippen molar-refractivity contribution in [3.63, 3.8) is 0 Å². The fraction of sp³-hybridized carbons (Fsp3) is 0.458. The van der Waals surface area contributed by atoms with Gasteiger partial charge in [-0.05, 0) is 171 Å². The molecule has 304 valence electrons. The van der Waals surface area contributed by atoms with Crippen LogP contribution in [0.2, 0.25) is 10.0 Å². The maximum Gasteiger partial charge on any atom is 0.120 e. The minimum atomic E-state index is -0.448. The van der Waals surface area contributed by atoms with Crippen molar-refractivity contribution in [2.75, 3.05) is 14.2 Å². The number of hydrogen-bond acceptors (Lipinski definition) is 6. The molecule has 4 aliphatic carbocycles. The number of fused-ring (bicyclic) bond motifs is 2. The second-order valence-electron chi connectivity index (χ2n) is 17.2. The molecule has 0 bridgehead atoms. The van der Waals surface area contributed by atoms with Crippen molar-refractivity contribution in [2.24, 2.45) is 11.8 Å². The third-order valence-corrected chi connectivity index (χ3v) is 14.3. The average Bonchev–Trinajstić information content (AvgIpc) is 4.19. The molecule has 0 amide bonds. The van der Waals surface area contributed by atoms with E-state index in [0.29, 0.717) is 23.7 Å². The maximum absolute atomic E-state index is 11.4. The van der Waals surface area contributed by atoms with Gasteiger partial charge in [-0.25, -0.2) is 9.97 Å². The number of nitrogens with zero attached hydrogens (tertiary/aromatic N) is 4. The fourth-order valence-electron chi connectivity index (χ4n) is 10.0. The Labute approximate surface area is 351 Å². The van der Waals surface area contributed by atoms with Crippen molar-refractivity contribution in [1.29, 1.82) is 0 Å². The first kappa shape index (κ1) is 39.4. The number of methoxy groups -OCH3 is 2. The average molecular weight is 822 g/mol. The molecule has 2 N–H and O–H groups in total. The van der Waals surface area contributed by atoms with Crippen molar-refractivity contribution in [3.8, 4) is 11.5 Å². The Bertz CT molecular complexity index is 2200. The number of pyridine rings is 2. The van der Waals surface area contributed by atoms with Crippen molar-refractivity contribution in [1.82, 2.24) is 18.8 Å². The van der Waals surface area contributed by atoms with Gasteiger partial charge in [0.25, 0.3) is 0 Å². The zero-order valence-corrected chi connectivity index (χ0v) is 35.0. The van der Waals surface area contributed by atoms with Gasteiger partial charge in [0, 0.05) is 10.0 Å². The lowest BCUT2D eigenvalue weighted by Crippen LogP contribution is -2.22. The van der Waals surface area contributed by atoms with Crippen LogP contribution in [-0.2, 0) is 0 Å². The van der Waals surface area contributed by atoms with Crippen LogP contribution < -0.4 is 9.47 Å². The summed E-state index contributed by atoms with van der Waals surface area (Å²) in [5.41, 5.74) is 9.27. The molecule has 6 aromatic rings. The molecule has 2 aromatic carbocycles. The number of aliphatic hydroxyl groups is 2. The number of ether oxygens (including phenoxy) is 2. The van der Waals surface area contributed by atoms with Crippen LogP contribution in [0.15, 0.2) is 85.7 Å². The summed E-state index contributed by atoms with van der Waals surface area (Å²) in [5.74, 6) is 4.23. The highest BCUT2D eigenvalue weighted by molar-refractivity contribution is 6.31. The zero-order chi connectivity index (χ0) is 39.9. The minimum Gasteiger partial charge on any atom is -0.497 e. The van der Waals surface area contributed by atoms with Gasteiger partial charge in [0.15, 0.2) is 0 Å². The predicted octanol–water partition coefficient (Wildman–Crippen LogP) is 11.8. The van der Waals surface area contributed by atoms with Crippen LogP contribution in [0.1, 0.15) is 147 Å². The molecule has 2 atom stereocenters. The Balaban J connectivity index is 0.000000150. The summed E-state index contributed by atoms with van der Waals surface area (Å²) in [6, 6.07) is 20.6. The van der Waals surface area contributed by atoms with Crippen LogP contribution in [0.25, 0.3) is 11.0 Å². The molecule has 4 aliphatic rings. The van der Waals surface area contributed by atoms with Crippen molar-refractivity contribution in [3.05, 3.63) is 129 Å². The van der Waals surface area contributed by atoms with Crippen LogP contribution >= 0.6 is 23.2 Å². The molecule has 10 heteroatoms. The summed E-state index contributed by atoms with van der Waals surface area (Å²) in [5, 5.41) is 24.4. The van der Waals surface area contributed by atoms with E-state index in [2.05, 4.69) is 55.2 Å². The van der Waals surface area contributed by atoms with E-state index in [4.69, 9.17) is 32.7 Å². The van der Waals surface area contributed by atoms with Gasteiger partial charge in [0.1, 0.15) is 11.5 Å². The monoisotopic (exact) mass is 820 g/mol. The fourth-order valence-corrected chi connectivity index (χ4v) is 10.7. The van der Waals surface area contributed by atoms with Crippen molar-refractivity contribution < 1.29 is 19.7 Å². The Morgan fingerprint density at radius 2 is 0.862 bits per heavy atom. The Morgan fingerprint density at radius 1 is 0.517 bits per heavy atom. The first-order valence-corrected chi connectivity index (χ1v) is 22.0. The van der Waals surface area contributed by atoms with E-state index < -0.39 is 12.2 Å². The summed E-state index contributed by atoms with van der Waals surface area (Å²) >= 11 is 13.0. The normalized spacial score (nSPS) is 23.3. The standard InChI is InChI=1S/2C24H27ClN2O2/c2*1-29-19-9-11-20(22(25)12-19)15-4-6-17(7-5-15)24(28)23-21(16-2-3-16)10-8-18-13-26-14-27(18)23/h2*8-17,24,28H,2-7H2,1H3/t2*15?,17?,24-/m10/s1. The van der Waals surface area contributed by atoms with Crippen molar-refractivity contribution >= 4 is 34.2 Å². The quantitative estimate of drug-likeness (QED) is 0.143. The second kappa shape index (κ2) is 16.9. The second-order valence-corrected chi connectivity index (χ2v) is 18.0. The van der Waals surface area contributed by atoms with Gasteiger partial charge in [-0.2, -0.15) is 0 Å². The topological polar surface area (TPSA) is 93.5 Å². The van der Waals surface area contributed by atoms with Crippen molar-refractivity contribution in [2.45, 2.75) is 113 Å². The molecule has 58 heavy (non-hydrogen) atoms. The first-order chi connectivity index (χ1) is 28.3. The third kappa shape index (κ3) is 7.98. The van der Waals surface area contributed by atoms with Gasteiger partial charge < -0.3 is 28.5 Å². The molecular formula is C48H54Cl2N4O4. The highest BCUT2D eigenvalue weighted by Gasteiger charge is 2.36. The highest BCUT2D eigenvalue weighted by Crippen LogP contribution is 2.49. The van der Waals surface area contributed by atoms with Gasteiger partial charge in [0.2, 0.25) is 0 Å². The van der Waals surface area contributed by atoms with Crippen LogP contribution in [0.4, 0.5) is 0 Å². The Hall–Kier alpha value is -4.08. The van der Waals surface area contributed by atoms with E-state index in [0.717, 1.165) is 95.3 Å². The molecule has 4 fully saturated rings. The molecule has 4 aromatic heterocycles. The summed E-state index contributed by atoms with van der Waals surface area (Å²) in [6.07, 6.45) is 19.6. The van der Waals surface area contributed by atoms with Gasteiger partial charge in [0.05, 0.1) is 73.9 Å². The zero-order valence-electron chi connectivity index (χ0n) is 33.4. The van der Waals surface area contributed by atoms with Gasteiger partial charge >= 0.3 is 0 Å². The van der Waals surface area contributed by atoms with Gasteiger partial charge in [-0.1, -0.05) is 47.5 Å². The molecule has 0 radical (unpaired) electrons. The smallest absolute Gasteiger partial charge is 0.120 e. The molecule has 8 nitrogen and oxygen atoms in total. The van der Waals surface area contributed by atoms with E-state index in [1.165, 1.54) is 47.9 Å². The maximum atomic E-state index is 11.4. The SMILES string of the molecule is COc1ccc(C2CCC([C@@H](O)c3c(C4CC4)ccc4cncn34)CC2)c(Cl)c1.COc1ccc(C2CCC([C@H](O)c3c(C4CC4)ccc4cncn34)CC2)c(Cl)c1. The molecular weight excluding hydrogens is 767 g/mol. The molecule has 0 spiro atoms. The van der Waals surface area contributed by atoms with E-state index in [9.17, 15) is 10.2 Å². The third-order valence-electron chi connectivity index (χ3n) is 13.6. The number of imidazole rings is 2. The summed E-state index contributed by atoms with van der Waals surface area (Å²) < 4.78 is 14.8. The number of hydrogen-bond donors (Lipinski definition) is 2. The van der Waals surface area contributed by atoms with Gasteiger partial charge in [-0.15, -0.1) is 0 Å². The molecule has 0 unspecified atom stereocenters. The molecule has 4 saturated carbocycles. The predicted molar refractivity (Wildman–Crippen MR) is 230 cm³/mol. The van der Waals surface area contributed by atoms with E-state index in [1.807, 2.05) is 49.3 Å². The lowest BCUT2D eigenvalue weighted by atomic mass is 9.75. The molecule has 0 aliphatic heterocycles. The molecule has 4 heterocycles. The van der Waals surface area contributed by atoms with Gasteiger partial charge in [-0.3, -0.25) is 0 Å². The summed E-state index contributed by atoms with van der Waals surface area (Å²) in [7, 11) is 3.32. The van der Waals surface area contributed by atoms with Crippen LogP contribution in [0.5, 0.6) is 11.5 Å². The number of benzene rings is 2. The number of rotatable bonds is 10. The Morgan fingerprint density at radius 3 is 1.21 bits per heavy atom. The number of aromatic nitrogens is 4. The lowest BCUT2D eigenvalue weighted by Gasteiger charge is -2.33. The first-order valence-electron chi connectivity index (χ1n) is 21.2. The van der Waals surface area contributed by atoms with E-state index in [-0.39, 0.29) is 11.8 Å². The number of halogens is 2. The number of aliphatic hydroxyl groups excluding tert-OH is 2. The highest BCUT2D eigenvalue weighted by atomic mass is 35.5. The minimum absolute atomic E-state index is 0.272. The van der Waals surface area contributed by atoms with E-state index in [1.54, 1.807) is 14.2 Å².